The fourth-order valence-electron chi connectivity index (χ4n) is 3.00. The smallest absolute Gasteiger partial charge is 0.277 e. The van der Waals surface area contributed by atoms with Gasteiger partial charge in [-0.3, -0.25) is 19.5 Å². The summed E-state index contributed by atoms with van der Waals surface area (Å²) in [6, 6.07) is 7.24. The molecule has 0 bridgehead atoms. The number of aromatic nitrogens is 4. The summed E-state index contributed by atoms with van der Waals surface area (Å²) in [6.45, 7) is 1.83. The van der Waals surface area contributed by atoms with Crippen molar-refractivity contribution in [3.8, 4) is 5.69 Å². The summed E-state index contributed by atoms with van der Waals surface area (Å²) in [5.74, 6) is -3.80. The minimum absolute atomic E-state index is 0.0610. The zero-order valence-electron chi connectivity index (χ0n) is 15.3. The van der Waals surface area contributed by atoms with E-state index in [2.05, 4.69) is 36.2 Å². The van der Waals surface area contributed by atoms with Crippen LogP contribution in [0, 0.1) is 18.6 Å². The highest BCUT2D eigenvalue weighted by Crippen LogP contribution is 2.24. The number of fused-ring (bicyclic) bond motifs is 1. The number of aryl methyl sites for hydroxylation is 1. The molecular formula is C19H13BrF2N6O2. The van der Waals surface area contributed by atoms with Gasteiger partial charge in [-0.25, -0.2) is 18.7 Å². The van der Waals surface area contributed by atoms with Gasteiger partial charge in [0.1, 0.15) is 12.0 Å². The number of anilines is 1. The molecule has 30 heavy (non-hydrogen) atoms. The highest BCUT2D eigenvalue weighted by atomic mass is 79.9. The van der Waals surface area contributed by atoms with Gasteiger partial charge in [0, 0.05) is 16.6 Å². The van der Waals surface area contributed by atoms with Crippen LogP contribution in [0.5, 0.6) is 0 Å². The fraction of sp³-hybridized carbons (Fsp3) is 0.0526. The Morgan fingerprint density at radius 1 is 1.20 bits per heavy atom. The molecule has 4 N–H and O–H groups in total. The number of amides is 2. The van der Waals surface area contributed by atoms with Crippen molar-refractivity contribution >= 4 is 44.7 Å². The Morgan fingerprint density at radius 3 is 2.67 bits per heavy atom. The first kappa shape index (κ1) is 19.7. The van der Waals surface area contributed by atoms with E-state index in [1.54, 1.807) is 6.07 Å². The Labute approximate surface area is 176 Å². The number of hydrogen-bond acceptors (Lipinski definition) is 4. The zero-order chi connectivity index (χ0) is 21.6. The molecule has 0 saturated carbocycles. The molecule has 0 atom stereocenters. The number of nitrogens with zero attached hydrogens (tertiary/aromatic N) is 3. The van der Waals surface area contributed by atoms with Crippen molar-refractivity contribution < 1.29 is 18.4 Å². The summed E-state index contributed by atoms with van der Waals surface area (Å²) in [7, 11) is 0. The van der Waals surface area contributed by atoms with Crippen molar-refractivity contribution in [2.45, 2.75) is 6.92 Å². The topological polar surface area (TPSA) is 119 Å². The largest absolute Gasteiger partial charge is 0.364 e. The minimum atomic E-state index is -1.06. The summed E-state index contributed by atoms with van der Waals surface area (Å²) in [6.07, 6.45) is 1.31. The summed E-state index contributed by atoms with van der Waals surface area (Å²) < 4.78 is 29.0. The first-order valence-electron chi connectivity index (χ1n) is 8.54. The third-order valence-corrected chi connectivity index (χ3v) is 4.90. The lowest BCUT2D eigenvalue weighted by molar-refractivity contribution is 0.0970. The van der Waals surface area contributed by atoms with Crippen LogP contribution < -0.4 is 11.1 Å². The number of carbonyl (C=O) groups excluding carboxylic acids is 2. The van der Waals surface area contributed by atoms with Gasteiger partial charge in [-0.15, -0.1) is 0 Å². The van der Waals surface area contributed by atoms with Crippen molar-refractivity contribution in [2.75, 3.05) is 5.32 Å². The number of aromatic amines is 1. The number of carbonyl (C=O) groups is 2. The van der Waals surface area contributed by atoms with Crippen LogP contribution in [0.3, 0.4) is 0 Å². The first-order valence-corrected chi connectivity index (χ1v) is 9.33. The zero-order valence-corrected chi connectivity index (χ0v) is 16.9. The molecule has 0 fully saturated rings. The lowest BCUT2D eigenvalue weighted by Gasteiger charge is -2.12. The highest BCUT2D eigenvalue weighted by molar-refractivity contribution is 9.10. The van der Waals surface area contributed by atoms with Gasteiger partial charge in [-0.1, -0.05) is 22.0 Å². The Morgan fingerprint density at radius 2 is 1.93 bits per heavy atom. The maximum Gasteiger partial charge on any atom is 0.277 e. The van der Waals surface area contributed by atoms with Gasteiger partial charge in [0.15, 0.2) is 17.3 Å². The number of rotatable bonds is 4. The predicted octanol–water partition coefficient (Wildman–Crippen LogP) is 3.45. The maximum absolute atomic E-state index is 13.4. The van der Waals surface area contributed by atoms with E-state index in [4.69, 9.17) is 5.73 Å². The molecule has 2 amide bonds. The second-order valence-corrected chi connectivity index (χ2v) is 7.35. The number of benzene rings is 2. The molecular weight excluding hydrogens is 462 g/mol. The van der Waals surface area contributed by atoms with E-state index >= 15 is 0 Å². The standard InChI is InChI=1S/C19H13BrF2N6O2/c1-8-2-3-9(20)4-14(8)28-7-24-15(17(23)29)16(28)18(30)27-19-25-12-5-10(21)11(22)6-13(12)26-19/h2-7H,1H3,(H2,23,29)(H2,25,26,27,30). The van der Waals surface area contributed by atoms with E-state index in [0.29, 0.717) is 5.69 Å². The number of H-pyrrole nitrogens is 1. The average Bonchev–Trinajstić information content (AvgIpc) is 3.28. The summed E-state index contributed by atoms with van der Waals surface area (Å²) >= 11 is 3.37. The summed E-state index contributed by atoms with van der Waals surface area (Å²) in [4.78, 5) is 35.5. The molecule has 0 unspecified atom stereocenters. The molecule has 0 spiro atoms. The van der Waals surface area contributed by atoms with E-state index in [1.165, 1.54) is 10.9 Å². The summed E-state index contributed by atoms with van der Waals surface area (Å²) in [5.41, 5.74) is 6.77. The number of halogens is 3. The molecule has 11 heteroatoms. The van der Waals surface area contributed by atoms with Crippen molar-refractivity contribution in [1.29, 1.82) is 0 Å². The second-order valence-electron chi connectivity index (χ2n) is 6.43. The van der Waals surface area contributed by atoms with Crippen LogP contribution in [-0.2, 0) is 0 Å². The van der Waals surface area contributed by atoms with Crippen molar-refractivity contribution in [3.05, 3.63) is 69.7 Å². The number of primary amides is 1. The number of nitrogens with two attached hydrogens (primary N) is 1. The lowest BCUT2D eigenvalue weighted by Crippen LogP contribution is -2.23. The molecule has 152 valence electrons. The van der Waals surface area contributed by atoms with Crippen molar-refractivity contribution in [1.82, 2.24) is 19.5 Å². The van der Waals surface area contributed by atoms with Gasteiger partial charge in [0.05, 0.1) is 16.7 Å². The molecule has 2 heterocycles. The van der Waals surface area contributed by atoms with E-state index in [0.717, 1.165) is 22.2 Å². The third kappa shape index (κ3) is 3.43. The first-order chi connectivity index (χ1) is 14.2. The molecule has 0 aliphatic rings. The number of nitrogens with one attached hydrogen (secondary N) is 2. The molecule has 0 saturated heterocycles. The van der Waals surface area contributed by atoms with Crippen LogP contribution in [0.25, 0.3) is 16.7 Å². The molecule has 4 rings (SSSR count). The van der Waals surface area contributed by atoms with Crippen LogP contribution in [0.2, 0.25) is 0 Å². The Kier molecular flexibility index (Phi) is 4.82. The fourth-order valence-corrected chi connectivity index (χ4v) is 3.35. The van der Waals surface area contributed by atoms with Gasteiger partial charge in [-0.2, -0.15) is 0 Å². The van der Waals surface area contributed by atoms with E-state index < -0.39 is 23.4 Å². The molecule has 0 aliphatic carbocycles. The lowest BCUT2D eigenvalue weighted by atomic mass is 10.2. The molecule has 2 aromatic carbocycles. The van der Waals surface area contributed by atoms with Crippen molar-refractivity contribution in [2.24, 2.45) is 5.73 Å². The summed E-state index contributed by atoms with van der Waals surface area (Å²) in [5, 5.41) is 2.48. The van der Waals surface area contributed by atoms with E-state index in [9.17, 15) is 18.4 Å². The van der Waals surface area contributed by atoms with Gasteiger partial charge < -0.3 is 10.7 Å². The van der Waals surface area contributed by atoms with E-state index in [-0.39, 0.29) is 28.4 Å². The second kappa shape index (κ2) is 7.34. The average molecular weight is 475 g/mol. The van der Waals surface area contributed by atoms with E-state index in [1.807, 2.05) is 19.1 Å². The van der Waals surface area contributed by atoms with Crippen LogP contribution in [-0.4, -0.2) is 31.3 Å². The molecule has 8 nitrogen and oxygen atoms in total. The Balaban J connectivity index is 1.77. The van der Waals surface area contributed by atoms with Crippen molar-refractivity contribution in [3.63, 3.8) is 0 Å². The number of hydrogen-bond donors (Lipinski definition) is 3. The van der Waals surface area contributed by atoms with Crippen LogP contribution in [0.4, 0.5) is 14.7 Å². The van der Waals surface area contributed by atoms with Gasteiger partial charge in [-0.05, 0) is 24.6 Å². The quantitative estimate of drug-likeness (QED) is 0.419. The molecule has 0 radical (unpaired) electrons. The van der Waals surface area contributed by atoms with Gasteiger partial charge in [0.2, 0.25) is 5.95 Å². The SMILES string of the molecule is Cc1ccc(Br)cc1-n1cnc(C(N)=O)c1C(=O)Nc1nc2cc(F)c(F)cc2[nH]1. The number of imidazole rings is 2. The van der Waals surface area contributed by atoms with Crippen LogP contribution >= 0.6 is 15.9 Å². The Hall–Kier alpha value is -3.60. The Bertz CT molecular complexity index is 1290. The third-order valence-electron chi connectivity index (χ3n) is 4.40. The van der Waals surface area contributed by atoms with Gasteiger partial charge in [0.25, 0.3) is 11.8 Å². The van der Waals surface area contributed by atoms with Crippen LogP contribution in [0.15, 0.2) is 41.1 Å². The normalized spacial score (nSPS) is 11.1. The molecule has 2 aromatic heterocycles. The monoisotopic (exact) mass is 474 g/mol. The maximum atomic E-state index is 13.4. The predicted molar refractivity (Wildman–Crippen MR) is 108 cm³/mol. The molecule has 0 aliphatic heterocycles. The minimum Gasteiger partial charge on any atom is -0.364 e. The van der Waals surface area contributed by atoms with Gasteiger partial charge >= 0.3 is 0 Å². The van der Waals surface area contributed by atoms with Crippen LogP contribution in [0.1, 0.15) is 26.5 Å². The molecule has 4 aromatic rings. The highest BCUT2D eigenvalue weighted by Gasteiger charge is 2.25.